The van der Waals surface area contributed by atoms with Crippen LogP contribution in [0.1, 0.15) is 12.0 Å². The third kappa shape index (κ3) is 3.17. The van der Waals surface area contributed by atoms with E-state index in [-0.39, 0.29) is 17.9 Å². The van der Waals surface area contributed by atoms with Crippen molar-refractivity contribution >= 4 is 17.4 Å². The van der Waals surface area contributed by atoms with Gasteiger partial charge in [0.2, 0.25) is 0 Å². The van der Waals surface area contributed by atoms with Crippen molar-refractivity contribution in [2.75, 3.05) is 31.1 Å². The fourth-order valence-corrected chi connectivity index (χ4v) is 4.01. The molecule has 6 nitrogen and oxygen atoms in total. The lowest BCUT2D eigenvalue weighted by molar-refractivity contribution is -0.00377. The first kappa shape index (κ1) is 16.6. The molecule has 2 fully saturated rings. The Hall–Kier alpha value is -1.89. The number of aromatic hydroxyl groups is 1. The zero-order chi connectivity index (χ0) is 17.4. The first-order chi connectivity index (χ1) is 12.1. The van der Waals surface area contributed by atoms with Crippen LogP contribution in [0.25, 0.3) is 11.3 Å². The lowest BCUT2D eigenvalue weighted by Crippen LogP contribution is -2.59. The molecule has 0 bridgehead atoms. The van der Waals surface area contributed by atoms with Crippen LogP contribution in [0.15, 0.2) is 24.3 Å². The summed E-state index contributed by atoms with van der Waals surface area (Å²) in [4.78, 5) is 2.27. The molecular weight excluding hydrogens is 340 g/mol. The number of hydrogen-bond donors (Lipinski definition) is 2. The molecule has 2 N–H and O–H groups in total. The van der Waals surface area contributed by atoms with Crippen molar-refractivity contribution in [2.45, 2.75) is 25.5 Å². The highest BCUT2D eigenvalue weighted by Crippen LogP contribution is 2.34. The number of nitrogens with one attached hydrogen (secondary N) is 1. The fourth-order valence-electron chi connectivity index (χ4n) is 3.75. The Morgan fingerprint density at radius 1 is 1.32 bits per heavy atom. The minimum absolute atomic E-state index is 0.120. The molecule has 0 unspecified atom stereocenters. The smallest absolute Gasteiger partial charge is 0.151 e. The van der Waals surface area contributed by atoms with Crippen molar-refractivity contribution in [3.05, 3.63) is 34.9 Å². The van der Waals surface area contributed by atoms with Gasteiger partial charge in [-0.2, -0.15) is 0 Å². The third-order valence-corrected chi connectivity index (χ3v) is 5.15. The lowest BCUT2D eigenvalue weighted by Gasteiger charge is -2.44. The van der Waals surface area contributed by atoms with Gasteiger partial charge < -0.3 is 20.1 Å². The molecule has 0 spiro atoms. The molecule has 2 aliphatic rings. The normalized spacial score (nSPS) is 23.4. The number of halogens is 1. The monoisotopic (exact) mass is 360 g/mol. The van der Waals surface area contributed by atoms with Crippen LogP contribution in [0.4, 0.5) is 5.82 Å². The Morgan fingerprint density at radius 2 is 2.20 bits per heavy atom. The first-order valence-electron chi connectivity index (χ1n) is 8.55. The number of fused-ring (bicyclic) bond motifs is 1. The molecular formula is C18H21ClN4O2. The van der Waals surface area contributed by atoms with E-state index in [1.54, 1.807) is 0 Å². The summed E-state index contributed by atoms with van der Waals surface area (Å²) in [5, 5.41) is 22.9. The van der Waals surface area contributed by atoms with Crippen molar-refractivity contribution in [3.63, 3.8) is 0 Å². The van der Waals surface area contributed by atoms with Crippen LogP contribution in [0, 0.1) is 6.92 Å². The Bertz CT molecular complexity index is 743. The van der Waals surface area contributed by atoms with Gasteiger partial charge in [0.05, 0.1) is 24.4 Å². The zero-order valence-electron chi connectivity index (χ0n) is 14.1. The van der Waals surface area contributed by atoms with Gasteiger partial charge in [0.25, 0.3) is 0 Å². The topological polar surface area (TPSA) is 70.5 Å². The van der Waals surface area contributed by atoms with Gasteiger partial charge in [0.1, 0.15) is 5.75 Å². The molecule has 0 amide bonds. The van der Waals surface area contributed by atoms with Gasteiger partial charge in [-0.1, -0.05) is 11.6 Å². The van der Waals surface area contributed by atoms with E-state index in [2.05, 4.69) is 20.4 Å². The maximum atomic E-state index is 10.2. The van der Waals surface area contributed by atoms with Gasteiger partial charge in [0.15, 0.2) is 5.82 Å². The number of phenols is 1. The summed E-state index contributed by atoms with van der Waals surface area (Å²) in [5.74, 6) is 0.965. The minimum Gasteiger partial charge on any atom is -0.507 e. The number of nitrogens with zero attached hydrogens (tertiary/aromatic N) is 3. The standard InChI is InChI=1S/C18H21ClN4O2/c1-11-8-12(19)9-15(24)18(11)13-2-3-17(22-21-13)23-6-7-25-16-4-5-20-10-14(16)23/h2-3,8-9,14,16,20,24H,4-7,10H2,1H3/t14-,16+/m1/s1. The number of morpholine rings is 1. The Balaban J connectivity index is 1.62. The van der Waals surface area contributed by atoms with Crippen LogP contribution in [0.5, 0.6) is 5.75 Å². The van der Waals surface area contributed by atoms with Crippen molar-refractivity contribution in [1.82, 2.24) is 15.5 Å². The number of hydrogen-bond acceptors (Lipinski definition) is 6. The molecule has 2 atom stereocenters. The fraction of sp³-hybridized carbons (Fsp3) is 0.444. The zero-order valence-corrected chi connectivity index (χ0v) is 14.8. The second-order valence-electron chi connectivity index (χ2n) is 6.56. The quantitative estimate of drug-likeness (QED) is 0.856. The van der Waals surface area contributed by atoms with Crippen molar-refractivity contribution < 1.29 is 9.84 Å². The molecule has 2 aromatic rings. The summed E-state index contributed by atoms with van der Waals surface area (Å²) in [5.41, 5.74) is 2.18. The van der Waals surface area contributed by atoms with Gasteiger partial charge in [-0.3, -0.25) is 0 Å². The van der Waals surface area contributed by atoms with E-state index in [0.717, 1.165) is 37.4 Å². The van der Waals surface area contributed by atoms with E-state index in [1.165, 1.54) is 6.07 Å². The molecule has 1 aromatic heterocycles. The molecule has 4 rings (SSSR count). The summed E-state index contributed by atoms with van der Waals surface area (Å²) >= 11 is 5.98. The van der Waals surface area contributed by atoms with Gasteiger partial charge >= 0.3 is 0 Å². The predicted octanol–water partition coefficient (Wildman–Crippen LogP) is 2.38. The van der Waals surface area contributed by atoms with Gasteiger partial charge in [-0.25, -0.2) is 0 Å². The number of rotatable bonds is 2. The highest BCUT2D eigenvalue weighted by Gasteiger charge is 2.35. The van der Waals surface area contributed by atoms with E-state index in [0.29, 0.717) is 22.9 Å². The SMILES string of the molecule is Cc1cc(Cl)cc(O)c1-c1ccc(N2CCO[C@H]3CCNC[C@H]32)nn1. The highest BCUT2D eigenvalue weighted by molar-refractivity contribution is 6.31. The second-order valence-corrected chi connectivity index (χ2v) is 6.99. The van der Waals surface area contributed by atoms with Crippen LogP contribution in [-0.2, 0) is 4.74 Å². The van der Waals surface area contributed by atoms with E-state index < -0.39 is 0 Å². The number of phenolic OH excluding ortho intramolecular Hbond substituents is 1. The number of anilines is 1. The molecule has 2 saturated heterocycles. The second kappa shape index (κ2) is 6.78. The number of aryl methyl sites for hydroxylation is 1. The van der Waals surface area contributed by atoms with Crippen LogP contribution in [0.3, 0.4) is 0 Å². The Kier molecular flexibility index (Phi) is 4.50. The highest BCUT2D eigenvalue weighted by atomic mass is 35.5. The van der Waals surface area contributed by atoms with Crippen LogP contribution < -0.4 is 10.2 Å². The Morgan fingerprint density at radius 3 is 2.96 bits per heavy atom. The van der Waals surface area contributed by atoms with E-state index in [4.69, 9.17) is 16.3 Å². The summed E-state index contributed by atoms with van der Waals surface area (Å²) in [6.07, 6.45) is 1.27. The van der Waals surface area contributed by atoms with Gasteiger partial charge in [-0.15, -0.1) is 10.2 Å². The van der Waals surface area contributed by atoms with E-state index >= 15 is 0 Å². The maximum Gasteiger partial charge on any atom is 0.151 e. The molecule has 1 aromatic carbocycles. The minimum atomic E-state index is 0.120. The van der Waals surface area contributed by atoms with Crippen molar-refractivity contribution in [1.29, 1.82) is 0 Å². The molecule has 7 heteroatoms. The van der Waals surface area contributed by atoms with Crippen molar-refractivity contribution in [3.8, 4) is 17.0 Å². The molecule has 3 heterocycles. The average molecular weight is 361 g/mol. The van der Waals surface area contributed by atoms with E-state index in [9.17, 15) is 5.11 Å². The summed E-state index contributed by atoms with van der Waals surface area (Å²) in [7, 11) is 0. The number of piperidine rings is 1. The molecule has 0 aliphatic carbocycles. The number of benzene rings is 1. The predicted molar refractivity (Wildman–Crippen MR) is 97.2 cm³/mol. The number of ether oxygens (including phenoxy) is 1. The van der Waals surface area contributed by atoms with E-state index in [1.807, 2.05) is 25.1 Å². The molecule has 25 heavy (non-hydrogen) atoms. The summed E-state index contributed by atoms with van der Waals surface area (Å²) in [6.45, 7) is 5.31. The molecule has 132 valence electrons. The maximum absolute atomic E-state index is 10.2. The molecule has 2 aliphatic heterocycles. The largest absolute Gasteiger partial charge is 0.507 e. The Labute approximate surface area is 151 Å². The number of aromatic nitrogens is 2. The lowest BCUT2D eigenvalue weighted by atomic mass is 10.0. The van der Waals surface area contributed by atoms with Crippen molar-refractivity contribution in [2.24, 2.45) is 0 Å². The van der Waals surface area contributed by atoms with Gasteiger partial charge in [-0.05, 0) is 49.7 Å². The van der Waals surface area contributed by atoms with Crippen LogP contribution >= 0.6 is 11.6 Å². The average Bonchev–Trinajstić information content (AvgIpc) is 2.61. The molecule has 0 radical (unpaired) electrons. The van der Waals surface area contributed by atoms with Crippen LogP contribution in [-0.4, -0.2) is 53.7 Å². The third-order valence-electron chi connectivity index (χ3n) is 4.93. The van der Waals surface area contributed by atoms with Crippen LogP contribution in [0.2, 0.25) is 5.02 Å². The summed E-state index contributed by atoms with van der Waals surface area (Å²) < 4.78 is 5.89. The van der Waals surface area contributed by atoms with Gasteiger partial charge in [0, 0.05) is 23.7 Å². The summed E-state index contributed by atoms with van der Waals surface area (Å²) in [6, 6.07) is 7.49. The molecule has 0 saturated carbocycles. The first-order valence-corrected chi connectivity index (χ1v) is 8.93.